The summed E-state index contributed by atoms with van der Waals surface area (Å²) in [5, 5.41) is 19.0. The Morgan fingerprint density at radius 2 is 1.95 bits per heavy atom. The Morgan fingerprint density at radius 1 is 1.10 bits per heavy atom. The van der Waals surface area contributed by atoms with E-state index in [0.29, 0.717) is 16.1 Å². The number of nitriles is 2. The van der Waals surface area contributed by atoms with Crippen molar-refractivity contribution in [3.8, 4) is 12.1 Å². The van der Waals surface area contributed by atoms with Crippen LogP contribution in [0.1, 0.15) is 16.1 Å². The van der Waals surface area contributed by atoms with Crippen molar-refractivity contribution < 1.29 is 0 Å². The van der Waals surface area contributed by atoms with Crippen molar-refractivity contribution in [1.82, 2.24) is 4.98 Å². The maximum Gasteiger partial charge on any atom is 0.135 e. The van der Waals surface area contributed by atoms with E-state index in [1.807, 2.05) is 30.3 Å². The van der Waals surface area contributed by atoms with Crippen LogP contribution in [-0.4, -0.2) is 4.98 Å². The lowest BCUT2D eigenvalue weighted by Crippen LogP contribution is -1.81. The molecule has 3 rings (SSSR count). The van der Waals surface area contributed by atoms with E-state index in [1.54, 1.807) is 24.3 Å². The van der Waals surface area contributed by atoms with Crippen molar-refractivity contribution >= 4 is 33.2 Å². The third-order valence-electron chi connectivity index (χ3n) is 2.97. The predicted octanol–water partition coefficient (Wildman–Crippen LogP) is 4.23. The van der Waals surface area contributed by atoms with Crippen LogP contribution in [0.2, 0.25) is 0 Å². The third-order valence-corrected chi connectivity index (χ3v) is 4.04. The predicted molar refractivity (Wildman–Crippen MR) is 84.3 cm³/mol. The molecule has 0 amide bonds. The topological polar surface area (TPSA) is 60.5 Å². The van der Waals surface area contributed by atoms with Crippen molar-refractivity contribution in [3.63, 3.8) is 0 Å². The largest absolute Gasteiger partial charge is 0.235 e. The van der Waals surface area contributed by atoms with Crippen LogP contribution in [-0.2, 0) is 0 Å². The smallest absolute Gasteiger partial charge is 0.135 e. The van der Waals surface area contributed by atoms with Crippen LogP contribution in [0.25, 0.3) is 21.9 Å². The van der Waals surface area contributed by atoms with Crippen molar-refractivity contribution in [1.29, 1.82) is 10.5 Å². The molecule has 0 saturated carbocycles. The van der Waals surface area contributed by atoms with E-state index in [4.69, 9.17) is 5.26 Å². The molecule has 0 aliphatic rings. The zero-order valence-electron chi connectivity index (χ0n) is 10.9. The molecule has 3 aromatic rings. The minimum atomic E-state index is 0.506. The molecule has 0 aliphatic heterocycles. The summed E-state index contributed by atoms with van der Waals surface area (Å²) in [4.78, 5) is 4.49. The Labute approximate surface area is 126 Å². The molecule has 0 spiro atoms. The van der Waals surface area contributed by atoms with Gasteiger partial charge >= 0.3 is 0 Å². The summed E-state index contributed by atoms with van der Waals surface area (Å²) in [6, 6.07) is 19.3. The molecule has 0 aliphatic carbocycles. The maximum atomic E-state index is 9.38. The third kappa shape index (κ3) is 2.67. The van der Waals surface area contributed by atoms with Crippen LogP contribution in [0.4, 0.5) is 0 Å². The van der Waals surface area contributed by atoms with E-state index in [0.717, 1.165) is 15.8 Å². The molecule has 0 saturated heterocycles. The Morgan fingerprint density at radius 3 is 2.71 bits per heavy atom. The zero-order chi connectivity index (χ0) is 14.7. The van der Waals surface area contributed by atoms with Gasteiger partial charge in [-0.2, -0.15) is 10.5 Å². The fourth-order valence-electron chi connectivity index (χ4n) is 1.99. The molecule has 1 heterocycles. The molecule has 98 valence electrons. The number of benzene rings is 2. The van der Waals surface area contributed by atoms with Crippen LogP contribution in [0.15, 0.2) is 48.5 Å². The molecular weight excluding hydrogens is 278 g/mol. The van der Waals surface area contributed by atoms with E-state index < -0.39 is 0 Å². The molecule has 2 aromatic carbocycles. The first-order valence-electron chi connectivity index (χ1n) is 6.28. The summed E-state index contributed by atoms with van der Waals surface area (Å²) in [6.45, 7) is 0. The highest BCUT2D eigenvalue weighted by Gasteiger charge is 2.08. The number of fused-ring (bicyclic) bond motifs is 1. The number of aromatic nitrogens is 1. The first kappa shape index (κ1) is 13.1. The van der Waals surface area contributed by atoms with E-state index in [-0.39, 0.29) is 0 Å². The summed E-state index contributed by atoms with van der Waals surface area (Å²) in [5.74, 6) is 0. The highest BCUT2D eigenvalue weighted by atomic mass is 32.1. The van der Waals surface area contributed by atoms with Gasteiger partial charge in [0.25, 0.3) is 0 Å². The number of hydrogen-bond acceptors (Lipinski definition) is 4. The number of rotatable bonds is 2. The second kappa shape index (κ2) is 5.58. The van der Waals surface area contributed by atoms with Gasteiger partial charge in [0.15, 0.2) is 0 Å². The zero-order valence-corrected chi connectivity index (χ0v) is 11.8. The Balaban J connectivity index is 2.07. The summed E-state index contributed by atoms with van der Waals surface area (Å²) in [5.41, 5.74) is 2.80. The Bertz CT molecular complexity index is 890. The van der Waals surface area contributed by atoms with E-state index in [9.17, 15) is 5.26 Å². The molecule has 0 fully saturated rings. The Kier molecular flexibility index (Phi) is 3.47. The Hall–Kier alpha value is -2.95. The van der Waals surface area contributed by atoms with Gasteiger partial charge < -0.3 is 0 Å². The van der Waals surface area contributed by atoms with E-state index >= 15 is 0 Å². The van der Waals surface area contributed by atoms with Gasteiger partial charge in [-0.05, 0) is 35.9 Å². The van der Waals surface area contributed by atoms with Gasteiger partial charge in [0.1, 0.15) is 11.1 Å². The standard InChI is InChI=1S/C17H9N3S/c18-10-13-5-3-4-12(8-13)9-14(11-19)17-20-15-6-1-2-7-16(15)21-17/h1-9H. The van der Waals surface area contributed by atoms with E-state index in [2.05, 4.69) is 17.1 Å². The normalized spacial score (nSPS) is 11.0. The molecule has 1 aromatic heterocycles. The van der Waals surface area contributed by atoms with Crippen LogP contribution in [0, 0.1) is 22.7 Å². The fourth-order valence-corrected chi connectivity index (χ4v) is 2.93. The summed E-state index contributed by atoms with van der Waals surface area (Å²) in [7, 11) is 0. The van der Waals surface area contributed by atoms with Crippen molar-refractivity contribution in [3.05, 3.63) is 64.7 Å². The van der Waals surface area contributed by atoms with Gasteiger partial charge in [0, 0.05) is 0 Å². The lowest BCUT2D eigenvalue weighted by atomic mass is 10.1. The average Bonchev–Trinajstić information content (AvgIpc) is 2.96. The quantitative estimate of drug-likeness (QED) is 0.662. The molecule has 4 heteroatoms. The van der Waals surface area contributed by atoms with Gasteiger partial charge in [-0.3, -0.25) is 0 Å². The number of allylic oxidation sites excluding steroid dienone is 1. The van der Waals surface area contributed by atoms with Crippen molar-refractivity contribution in [2.24, 2.45) is 0 Å². The van der Waals surface area contributed by atoms with E-state index in [1.165, 1.54) is 11.3 Å². The molecule has 0 unspecified atom stereocenters. The van der Waals surface area contributed by atoms with Crippen LogP contribution >= 0.6 is 11.3 Å². The van der Waals surface area contributed by atoms with Gasteiger partial charge in [0.2, 0.25) is 0 Å². The average molecular weight is 287 g/mol. The van der Waals surface area contributed by atoms with Crippen molar-refractivity contribution in [2.75, 3.05) is 0 Å². The number of nitrogens with zero attached hydrogens (tertiary/aromatic N) is 3. The van der Waals surface area contributed by atoms with Crippen LogP contribution < -0.4 is 0 Å². The summed E-state index contributed by atoms with van der Waals surface area (Å²) >= 11 is 1.49. The van der Waals surface area contributed by atoms with Gasteiger partial charge in [-0.1, -0.05) is 24.3 Å². The monoisotopic (exact) mass is 287 g/mol. The van der Waals surface area contributed by atoms with Crippen LogP contribution in [0.3, 0.4) is 0 Å². The first-order chi connectivity index (χ1) is 10.3. The van der Waals surface area contributed by atoms with Crippen molar-refractivity contribution in [2.45, 2.75) is 0 Å². The van der Waals surface area contributed by atoms with Gasteiger partial charge in [-0.25, -0.2) is 4.98 Å². The highest BCUT2D eigenvalue weighted by molar-refractivity contribution is 7.19. The van der Waals surface area contributed by atoms with Crippen LogP contribution in [0.5, 0.6) is 0 Å². The SMILES string of the molecule is N#CC(=Cc1cccc(C#N)c1)c1nc2ccccc2s1. The van der Waals surface area contributed by atoms with Gasteiger partial charge in [-0.15, -0.1) is 11.3 Å². The molecule has 0 radical (unpaired) electrons. The lowest BCUT2D eigenvalue weighted by molar-refractivity contribution is 1.43. The maximum absolute atomic E-state index is 9.38. The molecular formula is C17H9N3S. The molecule has 0 N–H and O–H groups in total. The second-order valence-corrected chi connectivity index (χ2v) is 5.42. The fraction of sp³-hybridized carbons (Fsp3) is 0. The van der Waals surface area contributed by atoms with Gasteiger partial charge in [0.05, 0.1) is 27.4 Å². The molecule has 0 atom stereocenters. The first-order valence-corrected chi connectivity index (χ1v) is 7.10. The highest BCUT2D eigenvalue weighted by Crippen LogP contribution is 2.27. The molecule has 0 bridgehead atoms. The molecule has 21 heavy (non-hydrogen) atoms. The molecule has 3 nitrogen and oxygen atoms in total. The second-order valence-electron chi connectivity index (χ2n) is 4.39. The minimum Gasteiger partial charge on any atom is -0.235 e. The summed E-state index contributed by atoms with van der Waals surface area (Å²) < 4.78 is 1.06. The number of hydrogen-bond donors (Lipinski definition) is 0. The lowest BCUT2D eigenvalue weighted by Gasteiger charge is -1.96. The number of para-hydroxylation sites is 1. The number of thiazole rings is 1. The summed E-state index contributed by atoms with van der Waals surface area (Å²) in [6.07, 6.45) is 1.76. The minimum absolute atomic E-state index is 0.506.